The molecule has 0 saturated carbocycles. The average molecular weight is 1630 g/mol. The van der Waals surface area contributed by atoms with Crippen molar-refractivity contribution in [1.82, 2.24) is 54.2 Å². The van der Waals surface area contributed by atoms with Crippen molar-refractivity contribution in [2.75, 3.05) is 77.3 Å². The Kier molecular flexibility index (Phi) is 32.0. The van der Waals surface area contributed by atoms with Gasteiger partial charge in [-0.25, -0.2) is 56.9 Å². The molecule has 3 aliphatic rings. The van der Waals surface area contributed by atoms with Gasteiger partial charge in [-0.1, -0.05) is 104 Å². The van der Waals surface area contributed by atoms with Crippen LogP contribution in [0.2, 0.25) is 0 Å². The number of pyridine rings is 2. The molecule has 0 atom stereocenters. The maximum Gasteiger partial charge on any atom is 0.762 e. The highest BCUT2D eigenvalue weighted by Crippen LogP contribution is 2.40. The Morgan fingerprint density at radius 2 is 0.973 bits per heavy atom. The molecule has 4 aromatic carbocycles. The number of amides is 2. The van der Waals surface area contributed by atoms with Gasteiger partial charge in [0.05, 0.1) is 46.8 Å². The summed E-state index contributed by atoms with van der Waals surface area (Å²) in [5.74, 6) is 2.08. The van der Waals surface area contributed by atoms with Crippen LogP contribution in [0.15, 0.2) is 139 Å². The topological polar surface area (TPSA) is 168 Å². The van der Waals surface area contributed by atoms with E-state index in [1.54, 1.807) is 64.8 Å². The monoisotopic (exact) mass is 1630 g/mol. The van der Waals surface area contributed by atoms with Crippen molar-refractivity contribution in [3.8, 4) is 11.5 Å². The third kappa shape index (κ3) is 23.0. The molecule has 6 aromatic heterocycles. The minimum atomic E-state index is -3.67. The summed E-state index contributed by atoms with van der Waals surface area (Å²) in [6.07, 6.45) is 15.5. The summed E-state index contributed by atoms with van der Waals surface area (Å²) >= 11 is 3.24. The molecule has 1 N–H and O–H groups in total. The van der Waals surface area contributed by atoms with Crippen LogP contribution in [0.25, 0.3) is 22.1 Å². The van der Waals surface area contributed by atoms with Crippen LogP contribution in [0.3, 0.4) is 0 Å². The number of nitrogens with one attached hydrogen (secondary N) is 1. The molecule has 2 saturated heterocycles. The van der Waals surface area contributed by atoms with Gasteiger partial charge in [-0.3, -0.25) is 22.5 Å². The molecule has 10 aromatic rings. The molecular weight excluding hydrogens is 1520 g/mol. The maximum absolute atomic E-state index is 15.3. The molecule has 604 valence electrons. The SMILES string of the molecule is CC(C)Oc1ccc(Br)nc1.CC(C)Oc1ccc(N2CCC(n3cc(F)c4c(Cc5ccc(C(=O)N(C)C)cc5F)ncnc43)CC2)nc1.CC(C)c1cccc(C(C)C)c1N1C=[N+](c2c(C(C)C)cccc2C(C)C)CC1.CN(C)C(=O)c1ccc(Cc2ncnc3c2c(F)cn3C2CCNCC2)c(F)c1.FB(F)F.[F-]. The lowest BCUT2D eigenvalue weighted by molar-refractivity contribution is -0.425. The summed E-state index contributed by atoms with van der Waals surface area (Å²) in [7, 11) is 2.78. The molecule has 9 heterocycles. The summed E-state index contributed by atoms with van der Waals surface area (Å²) in [4.78, 5) is 57.5. The van der Waals surface area contributed by atoms with Crippen LogP contribution in [0, 0.1) is 23.3 Å². The predicted molar refractivity (Wildman–Crippen MR) is 435 cm³/mol. The first-order valence-electron chi connectivity index (χ1n) is 38.2. The number of benzene rings is 4. The maximum atomic E-state index is 15.3. The Balaban J connectivity index is 0.000000196. The minimum Gasteiger partial charge on any atom is -1.00 e. The van der Waals surface area contributed by atoms with E-state index in [9.17, 15) is 35.7 Å². The number of fused-ring (bicyclic) bond motifs is 2. The lowest BCUT2D eigenvalue weighted by Gasteiger charge is -2.33. The fraction of sp³-hybridized carbons (Fsp3) is 0.424. The first kappa shape index (κ1) is 88.7. The zero-order valence-electron chi connectivity index (χ0n) is 67.3. The van der Waals surface area contributed by atoms with Crippen molar-refractivity contribution in [1.29, 1.82) is 0 Å². The zero-order valence-corrected chi connectivity index (χ0v) is 68.9. The van der Waals surface area contributed by atoms with Crippen molar-refractivity contribution in [3.63, 3.8) is 0 Å². The first-order valence-corrected chi connectivity index (χ1v) is 39.0. The van der Waals surface area contributed by atoms with Gasteiger partial charge in [-0.2, -0.15) is 0 Å². The summed E-state index contributed by atoms with van der Waals surface area (Å²) < 4.78 is 107. The Hall–Kier alpha value is -9.83. The Bertz CT molecular complexity index is 4780. The third-order valence-electron chi connectivity index (χ3n) is 19.6. The Morgan fingerprint density at radius 3 is 1.36 bits per heavy atom. The van der Waals surface area contributed by atoms with Crippen molar-refractivity contribution in [2.24, 2.45) is 0 Å². The van der Waals surface area contributed by atoms with E-state index in [2.05, 4.69) is 164 Å². The van der Waals surface area contributed by atoms with Gasteiger partial charge < -0.3 is 43.3 Å². The van der Waals surface area contributed by atoms with Crippen LogP contribution in [-0.2, 0) is 12.8 Å². The van der Waals surface area contributed by atoms with Crippen LogP contribution in [0.4, 0.5) is 47.7 Å². The molecule has 2 amide bonds. The van der Waals surface area contributed by atoms with Crippen molar-refractivity contribution < 1.29 is 58.9 Å². The summed E-state index contributed by atoms with van der Waals surface area (Å²) in [6, 6.07) is 30.3. The molecule has 2 fully saturated rings. The van der Waals surface area contributed by atoms with E-state index in [1.165, 1.54) is 80.6 Å². The van der Waals surface area contributed by atoms with Gasteiger partial charge in [-0.05, 0) is 166 Å². The second kappa shape index (κ2) is 40.8. The molecular formula is C85H104BBrF8N14O4. The molecule has 0 aliphatic carbocycles. The number of ether oxygens (including phenoxy) is 2. The van der Waals surface area contributed by atoms with Gasteiger partial charge in [0.15, 0.2) is 11.6 Å². The summed E-state index contributed by atoms with van der Waals surface area (Å²) in [6.45, 7) is 31.8. The van der Waals surface area contributed by atoms with E-state index in [4.69, 9.17) is 9.47 Å². The normalized spacial score (nSPS) is 13.8. The highest BCUT2D eigenvalue weighted by molar-refractivity contribution is 9.10. The highest BCUT2D eigenvalue weighted by Gasteiger charge is 2.33. The molecule has 0 bridgehead atoms. The molecule has 13 rings (SSSR count). The van der Waals surface area contributed by atoms with Crippen LogP contribution in [-0.4, -0.2) is 159 Å². The fourth-order valence-corrected chi connectivity index (χ4v) is 14.4. The number of aromatic nitrogens is 8. The van der Waals surface area contributed by atoms with Gasteiger partial charge >= 0.3 is 7.54 Å². The zero-order chi connectivity index (χ0) is 81.4. The number of hydrogen-bond acceptors (Lipinski definition) is 13. The molecule has 28 heteroatoms. The fourth-order valence-electron chi connectivity index (χ4n) is 14.1. The number of rotatable bonds is 19. The van der Waals surface area contributed by atoms with Crippen molar-refractivity contribution >= 4 is 80.9 Å². The van der Waals surface area contributed by atoms with Gasteiger partial charge in [-0.15, -0.1) is 0 Å². The predicted octanol–water partition coefficient (Wildman–Crippen LogP) is 15.8. The van der Waals surface area contributed by atoms with Gasteiger partial charge in [0.1, 0.15) is 82.0 Å². The Labute approximate surface area is 667 Å². The third-order valence-corrected chi connectivity index (χ3v) is 20.0. The number of piperidine rings is 2. The van der Waals surface area contributed by atoms with E-state index >= 15 is 4.39 Å². The quantitative estimate of drug-likeness (QED) is 0.0352. The molecule has 0 unspecified atom stereocenters. The smallest absolute Gasteiger partial charge is 0.762 e. The first-order chi connectivity index (χ1) is 53.3. The molecule has 0 radical (unpaired) electrons. The van der Waals surface area contributed by atoms with Crippen molar-refractivity contribution in [2.45, 2.75) is 170 Å². The average Bonchev–Trinajstić information content (AvgIpc) is 1.66. The molecule has 3 aliphatic heterocycles. The highest BCUT2D eigenvalue weighted by atomic mass is 79.9. The van der Waals surface area contributed by atoms with E-state index < -0.39 is 30.8 Å². The number of carbonyl (C=O) groups is 2. The molecule has 18 nitrogen and oxygen atoms in total. The van der Waals surface area contributed by atoms with E-state index in [-0.39, 0.29) is 64.8 Å². The van der Waals surface area contributed by atoms with Gasteiger partial charge in [0.25, 0.3) is 11.8 Å². The molecule has 0 spiro atoms. The largest absolute Gasteiger partial charge is 1.00 e. The van der Waals surface area contributed by atoms with Gasteiger partial charge in [0, 0.05) is 112 Å². The van der Waals surface area contributed by atoms with Crippen LogP contribution in [0.5, 0.6) is 11.5 Å². The van der Waals surface area contributed by atoms with Crippen LogP contribution >= 0.6 is 15.9 Å². The number of halogens is 9. The number of anilines is 2. The number of hydrogen-bond donors (Lipinski definition) is 1. The van der Waals surface area contributed by atoms with Gasteiger partial charge in [0.2, 0.25) is 6.34 Å². The number of nitrogens with zero attached hydrogens (tertiary/aromatic N) is 13. The lowest BCUT2D eigenvalue weighted by atomic mass is 9.92. The van der Waals surface area contributed by atoms with E-state index in [1.807, 2.05) is 61.1 Å². The summed E-state index contributed by atoms with van der Waals surface area (Å²) in [5, 5.41) is 3.93. The lowest BCUT2D eigenvalue weighted by Crippen LogP contribution is -3.00. The standard InChI is InChI=1S/C29H32F2N6O2.C27H39N2.C21H23F2N5O.C8H10BrNO.BF3.FH/c1-18(2)39-22-7-8-26(32-15-22)36-11-9-21(10-12-36)37-16-24(31)27-25(33-17-34-28(27)37)14-19-5-6-20(13-23(19)30)29(38)35(3)4;1-18(2)22-11-9-12-23(19(3)4)26(22)28-15-16-29(17-28)27-24(20(5)6)13-10-14-25(27)21(7)8;1-27(2)21(29)14-4-3-13(16(22)9-14)10-18-19-17(23)11-28(20(19)26-12-25-18)15-5-7-24-8-6-15;1-6(2)11-7-3-4-8(9)10-5-7;2-1(3)4;/h5-8,13,15-18,21H,9-12,14H2,1-4H3;9-14,17-21H,15-16H2,1-8H3;3-4,9,11-12,15,24H,5-8,10H2,1-2H3;3-6H,1-2H3;;1H/q;+1;;;;/p-1. The Morgan fingerprint density at radius 1 is 0.549 bits per heavy atom. The minimum absolute atomic E-state index is 0. The second-order valence-corrected chi connectivity index (χ2v) is 31.1. The van der Waals surface area contributed by atoms with Crippen LogP contribution < -0.4 is 29.3 Å². The number of para-hydroxylation sites is 2. The molecule has 113 heavy (non-hydrogen) atoms. The summed E-state index contributed by atoms with van der Waals surface area (Å²) in [5.41, 5.74) is 11.8. The van der Waals surface area contributed by atoms with Crippen molar-refractivity contribution in [3.05, 3.63) is 218 Å². The van der Waals surface area contributed by atoms with E-state index in [0.29, 0.717) is 68.3 Å². The second-order valence-electron chi connectivity index (χ2n) is 30.3. The van der Waals surface area contributed by atoms with Crippen LogP contribution in [0.1, 0.15) is 210 Å². The number of carbonyl (C=O) groups excluding carboxylic acids is 2. The van der Waals surface area contributed by atoms with E-state index in [0.717, 1.165) is 86.9 Å².